The van der Waals surface area contributed by atoms with E-state index in [1.807, 2.05) is 13.1 Å². The molecule has 1 aromatic rings. The zero-order valence-electron chi connectivity index (χ0n) is 11.2. The zero-order valence-corrected chi connectivity index (χ0v) is 12.0. The van der Waals surface area contributed by atoms with Gasteiger partial charge in [0, 0.05) is 12.2 Å². The number of nitrogens with zero attached hydrogens (tertiary/aromatic N) is 1. The molecule has 0 aliphatic carbocycles. The normalized spacial score (nSPS) is 20.9. The summed E-state index contributed by atoms with van der Waals surface area (Å²) in [6.07, 6.45) is 5.05. The Kier molecular flexibility index (Phi) is 5.32. The van der Waals surface area contributed by atoms with E-state index in [0.717, 1.165) is 12.3 Å². The molecular weight excluding hydrogens is 244 g/mol. The smallest absolute Gasteiger partial charge is 0.137 e. The summed E-state index contributed by atoms with van der Waals surface area (Å²) in [6.45, 7) is 5.85. The van der Waals surface area contributed by atoms with Crippen molar-refractivity contribution >= 4 is 11.8 Å². The molecule has 1 fully saturated rings. The SMILES string of the molecule is CCNC(c1cncc(OCC)c1)C1CCSC1. The highest BCUT2D eigenvalue weighted by Gasteiger charge is 2.26. The molecule has 2 rings (SSSR count). The fraction of sp³-hybridized carbons (Fsp3) is 0.643. The molecule has 1 aromatic heterocycles. The van der Waals surface area contributed by atoms with E-state index in [-0.39, 0.29) is 0 Å². The number of thioether (sulfide) groups is 1. The molecule has 0 aromatic carbocycles. The van der Waals surface area contributed by atoms with Gasteiger partial charge in [-0.05, 0) is 48.9 Å². The van der Waals surface area contributed by atoms with Crippen LogP contribution in [0.3, 0.4) is 0 Å². The Hall–Kier alpha value is -0.740. The number of pyridine rings is 1. The summed E-state index contributed by atoms with van der Waals surface area (Å²) in [5, 5.41) is 3.60. The Morgan fingerprint density at radius 1 is 1.50 bits per heavy atom. The molecule has 2 atom stereocenters. The third-order valence-electron chi connectivity index (χ3n) is 3.26. The van der Waals surface area contributed by atoms with Crippen molar-refractivity contribution in [2.45, 2.75) is 26.3 Å². The number of hydrogen-bond acceptors (Lipinski definition) is 4. The molecule has 1 aliphatic rings. The first-order valence-corrected chi connectivity index (χ1v) is 7.89. The van der Waals surface area contributed by atoms with E-state index in [2.05, 4.69) is 35.1 Å². The fourth-order valence-corrected chi connectivity index (χ4v) is 3.74. The Morgan fingerprint density at radius 3 is 3.06 bits per heavy atom. The topological polar surface area (TPSA) is 34.2 Å². The van der Waals surface area contributed by atoms with Gasteiger partial charge in [0.1, 0.15) is 5.75 Å². The minimum absolute atomic E-state index is 0.415. The van der Waals surface area contributed by atoms with Crippen molar-refractivity contribution in [3.8, 4) is 5.75 Å². The predicted octanol–water partition coefficient (Wildman–Crippen LogP) is 2.88. The van der Waals surface area contributed by atoms with Crippen LogP contribution in [0.5, 0.6) is 5.75 Å². The average Bonchev–Trinajstić information content (AvgIpc) is 2.90. The molecule has 0 amide bonds. The van der Waals surface area contributed by atoms with E-state index in [4.69, 9.17) is 4.74 Å². The van der Waals surface area contributed by atoms with E-state index >= 15 is 0 Å². The molecule has 1 saturated heterocycles. The molecular formula is C14H22N2OS. The maximum Gasteiger partial charge on any atom is 0.137 e. The molecule has 0 bridgehead atoms. The highest BCUT2D eigenvalue weighted by Crippen LogP contribution is 2.34. The van der Waals surface area contributed by atoms with Gasteiger partial charge in [0.25, 0.3) is 0 Å². The number of aromatic nitrogens is 1. The van der Waals surface area contributed by atoms with Gasteiger partial charge >= 0.3 is 0 Å². The predicted molar refractivity (Wildman–Crippen MR) is 77.3 cm³/mol. The molecule has 100 valence electrons. The third kappa shape index (κ3) is 3.39. The van der Waals surface area contributed by atoms with Crippen LogP contribution in [0.25, 0.3) is 0 Å². The number of ether oxygens (including phenoxy) is 1. The second-order valence-corrected chi connectivity index (χ2v) is 5.70. The third-order valence-corrected chi connectivity index (χ3v) is 4.45. The fourth-order valence-electron chi connectivity index (χ4n) is 2.44. The number of hydrogen-bond donors (Lipinski definition) is 1. The summed E-state index contributed by atoms with van der Waals surface area (Å²) >= 11 is 2.05. The maximum atomic E-state index is 5.54. The summed E-state index contributed by atoms with van der Waals surface area (Å²) in [4.78, 5) is 4.31. The average molecular weight is 266 g/mol. The lowest BCUT2D eigenvalue weighted by molar-refractivity contribution is 0.336. The Labute approximate surface area is 114 Å². The van der Waals surface area contributed by atoms with Crippen molar-refractivity contribution in [3.63, 3.8) is 0 Å². The first-order valence-electron chi connectivity index (χ1n) is 6.74. The van der Waals surface area contributed by atoms with Gasteiger partial charge in [-0.1, -0.05) is 6.92 Å². The van der Waals surface area contributed by atoms with Crippen molar-refractivity contribution in [2.24, 2.45) is 5.92 Å². The molecule has 4 heteroatoms. The molecule has 3 nitrogen and oxygen atoms in total. The van der Waals surface area contributed by atoms with E-state index in [9.17, 15) is 0 Å². The van der Waals surface area contributed by atoms with Crippen molar-refractivity contribution in [1.82, 2.24) is 10.3 Å². The Balaban J connectivity index is 2.15. The summed E-state index contributed by atoms with van der Waals surface area (Å²) in [5.74, 6) is 4.12. The van der Waals surface area contributed by atoms with Gasteiger partial charge in [-0.2, -0.15) is 11.8 Å². The van der Waals surface area contributed by atoms with Crippen LogP contribution < -0.4 is 10.1 Å². The van der Waals surface area contributed by atoms with Gasteiger partial charge in [-0.3, -0.25) is 4.98 Å². The zero-order chi connectivity index (χ0) is 12.8. The van der Waals surface area contributed by atoms with Gasteiger partial charge < -0.3 is 10.1 Å². The minimum Gasteiger partial charge on any atom is -0.492 e. The van der Waals surface area contributed by atoms with Crippen LogP contribution in [0, 0.1) is 5.92 Å². The maximum absolute atomic E-state index is 5.54. The van der Waals surface area contributed by atoms with Crippen LogP contribution in [0.4, 0.5) is 0 Å². The van der Waals surface area contributed by atoms with Gasteiger partial charge in [-0.25, -0.2) is 0 Å². The summed E-state index contributed by atoms with van der Waals surface area (Å²) in [7, 11) is 0. The standard InChI is InChI=1S/C14H22N2OS/c1-3-16-14(11-5-6-18-10-11)12-7-13(17-4-2)9-15-8-12/h7-9,11,14,16H,3-6,10H2,1-2H3. The van der Waals surface area contributed by atoms with Crippen LogP contribution in [-0.2, 0) is 0 Å². The van der Waals surface area contributed by atoms with E-state index < -0.39 is 0 Å². The Bertz CT molecular complexity index is 367. The van der Waals surface area contributed by atoms with Crippen molar-refractivity contribution in [1.29, 1.82) is 0 Å². The van der Waals surface area contributed by atoms with Gasteiger partial charge in [0.15, 0.2) is 0 Å². The summed E-state index contributed by atoms with van der Waals surface area (Å²) in [6, 6.07) is 2.55. The van der Waals surface area contributed by atoms with Gasteiger partial charge in [-0.15, -0.1) is 0 Å². The highest BCUT2D eigenvalue weighted by atomic mass is 32.2. The lowest BCUT2D eigenvalue weighted by Crippen LogP contribution is -2.28. The lowest BCUT2D eigenvalue weighted by Gasteiger charge is -2.24. The quantitative estimate of drug-likeness (QED) is 0.858. The van der Waals surface area contributed by atoms with Crippen LogP contribution >= 0.6 is 11.8 Å². The summed E-state index contributed by atoms with van der Waals surface area (Å²) in [5.41, 5.74) is 1.26. The number of nitrogens with one attached hydrogen (secondary N) is 1. The Morgan fingerprint density at radius 2 is 2.39 bits per heavy atom. The number of rotatable bonds is 6. The van der Waals surface area contributed by atoms with Gasteiger partial charge in [0.05, 0.1) is 12.8 Å². The molecule has 0 spiro atoms. The van der Waals surface area contributed by atoms with Gasteiger partial charge in [0.2, 0.25) is 0 Å². The van der Waals surface area contributed by atoms with Crippen LogP contribution in [0.15, 0.2) is 18.5 Å². The van der Waals surface area contributed by atoms with Crippen LogP contribution in [0.2, 0.25) is 0 Å². The first kappa shape index (κ1) is 13.7. The summed E-state index contributed by atoms with van der Waals surface area (Å²) < 4.78 is 5.54. The monoisotopic (exact) mass is 266 g/mol. The molecule has 18 heavy (non-hydrogen) atoms. The molecule has 0 saturated carbocycles. The first-order chi connectivity index (χ1) is 8.85. The molecule has 2 unspecified atom stereocenters. The van der Waals surface area contributed by atoms with Crippen molar-refractivity contribution in [3.05, 3.63) is 24.0 Å². The van der Waals surface area contributed by atoms with E-state index in [0.29, 0.717) is 18.6 Å². The lowest BCUT2D eigenvalue weighted by atomic mass is 9.93. The largest absolute Gasteiger partial charge is 0.492 e. The van der Waals surface area contributed by atoms with E-state index in [1.165, 1.54) is 23.5 Å². The highest BCUT2D eigenvalue weighted by molar-refractivity contribution is 7.99. The second kappa shape index (κ2) is 7.00. The minimum atomic E-state index is 0.415. The second-order valence-electron chi connectivity index (χ2n) is 4.55. The molecule has 1 aliphatic heterocycles. The molecule has 1 N–H and O–H groups in total. The van der Waals surface area contributed by atoms with E-state index in [1.54, 1.807) is 6.20 Å². The van der Waals surface area contributed by atoms with Crippen LogP contribution in [0.1, 0.15) is 31.9 Å². The molecule has 0 radical (unpaired) electrons. The van der Waals surface area contributed by atoms with Crippen LogP contribution in [-0.4, -0.2) is 29.6 Å². The van der Waals surface area contributed by atoms with Crippen molar-refractivity contribution in [2.75, 3.05) is 24.7 Å². The van der Waals surface area contributed by atoms with Crippen molar-refractivity contribution < 1.29 is 4.74 Å². The molecule has 2 heterocycles.